The molecule has 0 saturated carbocycles. The highest BCUT2D eigenvalue weighted by atomic mass is 32.1. The Morgan fingerprint density at radius 3 is 2.64 bits per heavy atom. The summed E-state index contributed by atoms with van der Waals surface area (Å²) in [6.07, 6.45) is 0. The van der Waals surface area contributed by atoms with Gasteiger partial charge in [-0.05, 0) is 43.7 Å². The summed E-state index contributed by atoms with van der Waals surface area (Å²) in [5.41, 5.74) is 2.24. The third-order valence-corrected chi connectivity index (χ3v) is 4.59. The topological polar surface area (TPSA) is 51.2 Å². The van der Waals surface area contributed by atoms with Crippen molar-refractivity contribution in [1.29, 1.82) is 0 Å². The van der Waals surface area contributed by atoms with Crippen molar-refractivity contribution in [3.05, 3.63) is 75.5 Å². The maximum Gasteiger partial charge on any atom is 0.267 e. The lowest BCUT2D eigenvalue weighted by atomic mass is 10.2. The fourth-order valence-electron chi connectivity index (χ4n) is 2.34. The van der Waals surface area contributed by atoms with Crippen molar-refractivity contribution in [3.8, 4) is 5.75 Å². The molecule has 3 rings (SSSR count). The number of carbonyl (C=O) groups excluding carboxylic acids is 1. The first-order valence-corrected chi connectivity index (χ1v) is 8.55. The Morgan fingerprint density at radius 1 is 1.20 bits per heavy atom. The molecule has 0 saturated heterocycles. The van der Waals surface area contributed by atoms with Gasteiger partial charge in [0.15, 0.2) is 0 Å². The highest BCUT2D eigenvalue weighted by Crippen LogP contribution is 2.22. The molecule has 0 aliphatic heterocycles. The summed E-state index contributed by atoms with van der Waals surface area (Å²) in [6.45, 7) is 4.02. The average molecular weight is 356 g/mol. The number of anilines is 1. The Labute approximate surface area is 149 Å². The molecule has 4 nitrogen and oxygen atoms in total. The Balaban J connectivity index is 1.65. The van der Waals surface area contributed by atoms with Crippen LogP contribution in [0.25, 0.3) is 0 Å². The van der Waals surface area contributed by atoms with Crippen LogP contribution in [0.1, 0.15) is 25.9 Å². The van der Waals surface area contributed by atoms with Gasteiger partial charge in [0.2, 0.25) is 0 Å². The molecule has 6 heteroatoms. The number of rotatable bonds is 5. The quantitative estimate of drug-likeness (QED) is 0.719. The zero-order chi connectivity index (χ0) is 17.8. The maximum absolute atomic E-state index is 12.9. The smallest absolute Gasteiger partial charge is 0.267 e. The summed E-state index contributed by atoms with van der Waals surface area (Å²) < 4.78 is 18.6. The number of ether oxygens (including phenoxy) is 1. The zero-order valence-electron chi connectivity index (χ0n) is 13.9. The lowest BCUT2D eigenvalue weighted by molar-refractivity contribution is 0.103. The van der Waals surface area contributed by atoms with Gasteiger partial charge in [-0.3, -0.25) is 4.79 Å². The predicted octanol–water partition coefficient (Wildman–Crippen LogP) is 4.73. The van der Waals surface area contributed by atoms with E-state index >= 15 is 0 Å². The molecule has 1 heterocycles. The minimum Gasteiger partial charge on any atom is -0.489 e. The van der Waals surface area contributed by atoms with Crippen LogP contribution in [0.4, 0.5) is 10.1 Å². The summed E-state index contributed by atoms with van der Waals surface area (Å²) in [5.74, 6) is 0.167. The van der Waals surface area contributed by atoms with Crippen molar-refractivity contribution in [2.45, 2.75) is 20.5 Å². The van der Waals surface area contributed by atoms with E-state index in [1.165, 1.54) is 23.5 Å². The molecule has 3 aromatic rings. The van der Waals surface area contributed by atoms with E-state index in [-0.39, 0.29) is 11.7 Å². The minimum atomic E-state index is -0.276. The molecule has 1 amide bonds. The monoisotopic (exact) mass is 356 g/mol. The Bertz CT molecular complexity index is 891. The molecule has 0 bridgehead atoms. The molecular formula is C19H17FN2O2S. The second-order valence-electron chi connectivity index (χ2n) is 5.54. The normalized spacial score (nSPS) is 10.5. The van der Waals surface area contributed by atoms with Gasteiger partial charge in [0.05, 0.1) is 10.7 Å². The van der Waals surface area contributed by atoms with E-state index in [4.69, 9.17) is 4.74 Å². The van der Waals surface area contributed by atoms with Gasteiger partial charge >= 0.3 is 0 Å². The number of halogens is 1. The Hall–Kier alpha value is -2.73. The third-order valence-electron chi connectivity index (χ3n) is 3.52. The largest absolute Gasteiger partial charge is 0.489 e. The van der Waals surface area contributed by atoms with Crippen LogP contribution in [0.3, 0.4) is 0 Å². The van der Waals surface area contributed by atoms with Gasteiger partial charge in [-0.1, -0.05) is 18.2 Å². The summed E-state index contributed by atoms with van der Waals surface area (Å²) in [4.78, 5) is 17.2. The molecule has 0 radical (unpaired) electrons. The molecule has 0 atom stereocenters. The van der Waals surface area contributed by atoms with E-state index < -0.39 is 0 Å². The van der Waals surface area contributed by atoms with E-state index in [9.17, 15) is 9.18 Å². The van der Waals surface area contributed by atoms with E-state index in [1.54, 1.807) is 36.4 Å². The lowest BCUT2D eigenvalue weighted by Crippen LogP contribution is -2.11. The van der Waals surface area contributed by atoms with Crippen LogP contribution in [0, 0.1) is 19.7 Å². The van der Waals surface area contributed by atoms with Gasteiger partial charge in [-0.15, -0.1) is 11.3 Å². The highest BCUT2D eigenvalue weighted by Gasteiger charge is 2.14. The van der Waals surface area contributed by atoms with E-state index in [2.05, 4.69) is 10.3 Å². The number of hydrogen-bond donors (Lipinski definition) is 1. The molecular weight excluding hydrogens is 339 g/mol. The van der Waals surface area contributed by atoms with Gasteiger partial charge in [0.25, 0.3) is 5.91 Å². The number of aromatic nitrogens is 1. The highest BCUT2D eigenvalue weighted by molar-refractivity contribution is 7.13. The molecule has 1 aromatic heterocycles. The first kappa shape index (κ1) is 17.1. The van der Waals surface area contributed by atoms with Crippen molar-refractivity contribution in [2.24, 2.45) is 0 Å². The summed E-state index contributed by atoms with van der Waals surface area (Å²) in [5, 5.41) is 3.72. The van der Waals surface area contributed by atoms with Crippen molar-refractivity contribution in [1.82, 2.24) is 4.98 Å². The van der Waals surface area contributed by atoms with Crippen LogP contribution in [0.5, 0.6) is 5.75 Å². The third kappa shape index (κ3) is 4.42. The standard InChI is InChI=1S/C19H17FN2O2S/c1-12-18(25-13(2)21-12)19(23)22-16-4-3-5-17(10-16)24-11-14-6-8-15(20)9-7-14/h3-10H,11H2,1-2H3,(H,22,23). The maximum atomic E-state index is 12.9. The summed E-state index contributed by atoms with van der Waals surface area (Å²) >= 11 is 1.37. The molecule has 0 aliphatic rings. The molecule has 128 valence electrons. The zero-order valence-corrected chi connectivity index (χ0v) is 14.7. The molecule has 0 fully saturated rings. The van der Waals surface area contributed by atoms with Gasteiger partial charge in [0, 0.05) is 11.8 Å². The van der Waals surface area contributed by atoms with Crippen molar-refractivity contribution >= 4 is 22.9 Å². The first-order valence-electron chi connectivity index (χ1n) is 7.74. The first-order chi connectivity index (χ1) is 12.0. The molecule has 2 aromatic carbocycles. The Kier molecular flexibility index (Phi) is 5.09. The predicted molar refractivity (Wildman–Crippen MR) is 96.7 cm³/mol. The number of hydrogen-bond acceptors (Lipinski definition) is 4. The SMILES string of the molecule is Cc1nc(C)c(C(=O)Nc2cccc(OCc3ccc(F)cc3)c2)s1. The van der Waals surface area contributed by atoms with E-state index in [1.807, 2.05) is 13.8 Å². The second-order valence-corrected chi connectivity index (χ2v) is 6.75. The van der Waals surface area contributed by atoms with Crippen molar-refractivity contribution in [3.63, 3.8) is 0 Å². The van der Waals surface area contributed by atoms with Crippen LogP contribution < -0.4 is 10.1 Å². The van der Waals surface area contributed by atoms with Crippen molar-refractivity contribution < 1.29 is 13.9 Å². The molecule has 0 spiro atoms. The van der Waals surface area contributed by atoms with Gasteiger partial charge in [-0.2, -0.15) is 0 Å². The van der Waals surface area contributed by atoms with Crippen LogP contribution in [0.15, 0.2) is 48.5 Å². The van der Waals surface area contributed by atoms with Crippen LogP contribution >= 0.6 is 11.3 Å². The van der Waals surface area contributed by atoms with E-state index in [0.717, 1.165) is 16.3 Å². The number of thiazole rings is 1. The number of nitrogens with zero attached hydrogens (tertiary/aromatic N) is 1. The summed E-state index contributed by atoms with van der Waals surface area (Å²) in [7, 11) is 0. The molecule has 25 heavy (non-hydrogen) atoms. The van der Waals surface area contributed by atoms with Crippen molar-refractivity contribution in [2.75, 3.05) is 5.32 Å². The fraction of sp³-hybridized carbons (Fsp3) is 0.158. The molecule has 0 unspecified atom stereocenters. The minimum absolute atomic E-state index is 0.182. The fourth-order valence-corrected chi connectivity index (χ4v) is 3.16. The van der Waals surface area contributed by atoms with Crippen LogP contribution in [-0.4, -0.2) is 10.9 Å². The number of aryl methyl sites for hydroxylation is 2. The van der Waals surface area contributed by atoms with Gasteiger partial charge in [0.1, 0.15) is 23.1 Å². The van der Waals surface area contributed by atoms with Crippen LogP contribution in [-0.2, 0) is 6.61 Å². The second kappa shape index (κ2) is 7.44. The number of nitrogens with one attached hydrogen (secondary N) is 1. The molecule has 1 N–H and O–H groups in total. The molecule has 0 aliphatic carbocycles. The number of carbonyl (C=O) groups is 1. The Morgan fingerprint density at radius 2 is 1.96 bits per heavy atom. The van der Waals surface area contributed by atoms with E-state index in [0.29, 0.717) is 22.9 Å². The van der Waals surface area contributed by atoms with Crippen LogP contribution in [0.2, 0.25) is 0 Å². The lowest BCUT2D eigenvalue weighted by Gasteiger charge is -2.09. The number of amides is 1. The summed E-state index contributed by atoms with van der Waals surface area (Å²) in [6, 6.07) is 13.3. The van der Waals surface area contributed by atoms with Gasteiger partial charge in [-0.25, -0.2) is 9.37 Å². The number of benzene rings is 2. The average Bonchev–Trinajstić information content (AvgIpc) is 2.93. The van der Waals surface area contributed by atoms with Gasteiger partial charge < -0.3 is 10.1 Å².